The van der Waals surface area contributed by atoms with Crippen LogP contribution < -0.4 is 5.32 Å². The zero-order chi connectivity index (χ0) is 34.4. The quantitative estimate of drug-likeness (QED) is 0.0272. The first kappa shape index (κ1) is 45.2. The van der Waals surface area contributed by atoms with Crippen LogP contribution in [0.15, 0.2) is 12.2 Å². The molecule has 0 rings (SSSR count). The molecule has 1 amide bonds. The van der Waals surface area contributed by atoms with Crippen molar-refractivity contribution < 1.29 is 32.9 Å². The molecule has 3 atom stereocenters. The summed E-state index contributed by atoms with van der Waals surface area (Å²) in [6.07, 6.45) is 31.4. The predicted molar refractivity (Wildman–Crippen MR) is 194 cm³/mol. The highest BCUT2D eigenvalue weighted by Crippen LogP contribution is 2.43. The zero-order valence-electron chi connectivity index (χ0n) is 30.8. The number of aliphatic hydroxyl groups excluding tert-OH is 1. The fourth-order valence-electron chi connectivity index (χ4n) is 5.39. The summed E-state index contributed by atoms with van der Waals surface area (Å²) in [5.74, 6) is -0.180. The Morgan fingerprint density at radius 3 is 1.61 bits per heavy atom. The molecule has 0 heterocycles. The first-order valence-corrected chi connectivity index (χ1v) is 20.6. The third kappa shape index (κ3) is 31.8. The van der Waals surface area contributed by atoms with Crippen molar-refractivity contribution >= 4 is 13.7 Å². The van der Waals surface area contributed by atoms with Crippen LogP contribution in [0.3, 0.4) is 0 Å². The molecule has 0 bridgehead atoms. The van der Waals surface area contributed by atoms with E-state index in [-0.39, 0.29) is 19.1 Å². The van der Waals surface area contributed by atoms with Crippen LogP contribution in [0, 0.1) is 0 Å². The number of carbonyl (C=O) groups is 1. The minimum Gasteiger partial charge on any atom is -0.387 e. The standard InChI is InChI=1S/C37H75N2O6P/c1-6-8-10-12-14-16-17-18-19-20-21-22-23-25-27-29-31-37(41)38-35(34-45-46(42,43)44-33-32-39(3,4)5)36(40)30-28-26-24-15-13-11-9-7-2/h28,30,35-36,40H,6-27,29,31-34H2,1-5H3,(H-,38,41,42,43)/p+1/b30-28+. The molecule has 46 heavy (non-hydrogen) atoms. The van der Waals surface area contributed by atoms with Crippen LogP contribution in [0.1, 0.15) is 168 Å². The Balaban J connectivity index is 4.39. The van der Waals surface area contributed by atoms with Crippen molar-refractivity contribution in [3.8, 4) is 0 Å². The Morgan fingerprint density at radius 1 is 0.717 bits per heavy atom. The van der Waals surface area contributed by atoms with Crippen LogP contribution in [0.5, 0.6) is 0 Å². The van der Waals surface area contributed by atoms with Crippen LogP contribution in [0.2, 0.25) is 0 Å². The molecule has 0 aliphatic rings. The van der Waals surface area contributed by atoms with Gasteiger partial charge in [0.1, 0.15) is 13.2 Å². The number of likely N-dealkylation sites (N-methyl/N-ethyl adjacent to an activating group) is 1. The van der Waals surface area contributed by atoms with Crippen LogP contribution >= 0.6 is 7.82 Å². The van der Waals surface area contributed by atoms with Crippen LogP contribution in [0.4, 0.5) is 0 Å². The summed E-state index contributed by atoms with van der Waals surface area (Å²) in [6, 6.07) is -0.836. The van der Waals surface area contributed by atoms with E-state index in [1.54, 1.807) is 6.08 Å². The molecular formula is C37H76N2O6P+. The van der Waals surface area contributed by atoms with Crippen molar-refractivity contribution in [1.29, 1.82) is 0 Å². The fourth-order valence-corrected chi connectivity index (χ4v) is 6.13. The molecule has 0 saturated carbocycles. The summed E-state index contributed by atoms with van der Waals surface area (Å²) >= 11 is 0. The number of nitrogens with one attached hydrogen (secondary N) is 1. The number of unbranched alkanes of at least 4 members (excludes halogenated alkanes) is 21. The molecule has 0 aliphatic heterocycles. The van der Waals surface area contributed by atoms with E-state index in [9.17, 15) is 19.4 Å². The van der Waals surface area contributed by atoms with E-state index < -0.39 is 20.0 Å². The highest BCUT2D eigenvalue weighted by molar-refractivity contribution is 7.47. The first-order valence-electron chi connectivity index (χ1n) is 19.1. The monoisotopic (exact) mass is 676 g/mol. The molecule has 0 aromatic heterocycles. The molecule has 9 heteroatoms. The summed E-state index contributed by atoms with van der Waals surface area (Å²) in [7, 11) is 1.57. The van der Waals surface area contributed by atoms with Gasteiger partial charge in [0.2, 0.25) is 5.91 Å². The van der Waals surface area contributed by atoms with E-state index in [2.05, 4.69) is 19.2 Å². The minimum atomic E-state index is -4.32. The highest BCUT2D eigenvalue weighted by atomic mass is 31.2. The van der Waals surface area contributed by atoms with Gasteiger partial charge in [0.05, 0.1) is 39.9 Å². The van der Waals surface area contributed by atoms with Crippen molar-refractivity contribution in [2.45, 2.75) is 180 Å². The van der Waals surface area contributed by atoms with E-state index >= 15 is 0 Å². The lowest BCUT2D eigenvalue weighted by Gasteiger charge is -2.25. The van der Waals surface area contributed by atoms with Gasteiger partial charge >= 0.3 is 7.82 Å². The molecule has 8 nitrogen and oxygen atoms in total. The summed E-state index contributed by atoms with van der Waals surface area (Å²) in [6.45, 7) is 4.76. The topological polar surface area (TPSA) is 105 Å². The van der Waals surface area contributed by atoms with E-state index in [1.165, 1.54) is 109 Å². The number of allylic oxidation sites excluding steroid dienone is 1. The largest absolute Gasteiger partial charge is 0.472 e. The molecule has 3 N–H and O–H groups in total. The number of phosphoric ester groups is 1. The molecule has 3 unspecified atom stereocenters. The maximum absolute atomic E-state index is 12.7. The number of nitrogens with zero attached hydrogens (tertiary/aromatic N) is 1. The second kappa shape index (κ2) is 30.3. The third-order valence-electron chi connectivity index (χ3n) is 8.51. The van der Waals surface area contributed by atoms with Crippen molar-refractivity contribution in [3.05, 3.63) is 12.2 Å². The number of aliphatic hydroxyl groups is 1. The highest BCUT2D eigenvalue weighted by Gasteiger charge is 2.27. The minimum absolute atomic E-state index is 0.0638. The predicted octanol–water partition coefficient (Wildman–Crippen LogP) is 9.63. The number of quaternary nitrogens is 1. The van der Waals surface area contributed by atoms with Gasteiger partial charge in [-0.05, 0) is 19.3 Å². The van der Waals surface area contributed by atoms with E-state index in [0.717, 1.165) is 38.5 Å². The Labute approximate surface area is 284 Å². The Bertz CT molecular complexity index is 773. The molecule has 0 aromatic rings. The van der Waals surface area contributed by atoms with Crippen molar-refractivity contribution in [1.82, 2.24) is 5.32 Å². The molecular weight excluding hydrogens is 599 g/mol. The SMILES string of the molecule is CCCCCCCC/C=C/C(O)C(COP(=O)(O)OCC[N+](C)(C)C)NC(=O)CCCCCCCCCCCCCCCCCC. The molecule has 274 valence electrons. The van der Waals surface area contributed by atoms with Crippen LogP contribution in [0.25, 0.3) is 0 Å². The average molecular weight is 676 g/mol. The Hall–Kier alpha value is -0.760. The smallest absolute Gasteiger partial charge is 0.387 e. The number of amides is 1. The second-order valence-electron chi connectivity index (χ2n) is 14.3. The van der Waals surface area contributed by atoms with Crippen molar-refractivity contribution in [2.75, 3.05) is 40.9 Å². The maximum atomic E-state index is 12.7. The number of carbonyl (C=O) groups excluding carboxylic acids is 1. The van der Waals surface area contributed by atoms with Gasteiger partial charge in [0, 0.05) is 6.42 Å². The Kier molecular flexibility index (Phi) is 29.8. The normalized spacial score (nSPS) is 14.8. The molecule has 0 spiro atoms. The van der Waals surface area contributed by atoms with Crippen molar-refractivity contribution in [2.24, 2.45) is 0 Å². The molecule has 0 radical (unpaired) electrons. The summed E-state index contributed by atoms with van der Waals surface area (Å²) < 4.78 is 23.4. The van der Waals surface area contributed by atoms with E-state index in [1.807, 2.05) is 27.2 Å². The number of rotatable bonds is 34. The van der Waals surface area contributed by atoms with Gasteiger partial charge in [0.25, 0.3) is 0 Å². The maximum Gasteiger partial charge on any atom is 0.472 e. The first-order chi connectivity index (χ1) is 22.0. The second-order valence-corrected chi connectivity index (χ2v) is 15.8. The van der Waals surface area contributed by atoms with Gasteiger partial charge in [-0.2, -0.15) is 0 Å². The third-order valence-corrected chi connectivity index (χ3v) is 9.49. The lowest BCUT2D eigenvalue weighted by molar-refractivity contribution is -0.870. The van der Waals surface area contributed by atoms with Gasteiger partial charge < -0.3 is 19.8 Å². The molecule has 0 aromatic carbocycles. The van der Waals surface area contributed by atoms with Gasteiger partial charge in [-0.1, -0.05) is 154 Å². The average Bonchev–Trinajstić information content (AvgIpc) is 2.99. The number of hydrogen-bond acceptors (Lipinski definition) is 5. The van der Waals surface area contributed by atoms with Gasteiger partial charge in [0.15, 0.2) is 0 Å². The summed E-state index contributed by atoms with van der Waals surface area (Å²) in [5.41, 5.74) is 0. The molecule has 0 aliphatic carbocycles. The van der Waals surface area contributed by atoms with E-state index in [0.29, 0.717) is 17.4 Å². The summed E-state index contributed by atoms with van der Waals surface area (Å²) in [5, 5.41) is 13.7. The number of phosphoric acid groups is 1. The van der Waals surface area contributed by atoms with E-state index in [4.69, 9.17) is 9.05 Å². The summed E-state index contributed by atoms with van der Waals surface area (Å²) in [4.78, 5) is 22.9. The Morgan fingerprint density at radius 2 is 1.15 bits per heavy atom. The lowest BCUT2D eigenvalue weighted by Crippen LogP contribution is -2.45. The van der Waals surface area contributed by atoms with Gasteiger partial charge in [-0.15, -0.1) is 0 Å². The molecule has 0 fully saturated rings. The van der Waals surface area contributed by atoms with Gasteiger partial charge in [-0.3, -0.25) is 13.8 Å². The molecule has 0 saturated heterocycles. The van der Waals surface area contributed by atoms with Gasteiger partial charge in [-0.25, -0.2) is 4.57 Å². The van der Waals surface area contributed by atoms with Crippen molar-refractivity contribution in [3.63, 3.8) is 0 Å². The fraction of sp³-hybridized carbons (Fsp3) is 0.919. The number of hydrogen-bond donors (Lipinski definition) is 3. The zero-order valence-corrected chi connectivity index (χ0v) is 31.7. The van der Waals surface area contributed by atoms with Crippen LogP contribution in [-0.2, 0) is 18.4 Å². The lowest BCUT2D eigenvalue weighted by atomic mass is 10.0. The van der Waals surface area contributed by atoms with Crippen LogP contribution in [-0.4, -0.2) is 73.4 Å².